The average molecular weight is 501 g/mol. The van der Waals surface area contributed by atoms with Crippen LogP contribution >= 0.6 is 0 Å². The molecule has 0 N–H and O–H groups in total. The zero-order chi connectivity index (χ0) is 25.9. The lowest BCUT2D eigenvalue weighted by Gasteiger charge is -2.24. The number of hydrogen-bond acceptors (Lipinski definition) is 8. The van der Waals surface area contributed by atoms with Gasteiger partial charge in [-0.3, -0.25) is 14.2 Å². The quantitative estimate of drug-likeness (QED) is 0.464. The molecule has 0 fully saturated rings. The summed E-state index contributed by atoms with van der Waals surface area (Å²) < 4.78 is 47.5. The maximum absolute atomic E-state index is 14.9. The second kappa shape index (κ2) is 9.90. The molecule has 11 nitrogen and oxygen atoms in total. The molecule has 1 aromatic heterocycles. The fourth-order valence-electron chi connectivity index (χ4n) is 3.17. The van der Waals surface area contributed by atoms with Gasteiger partial charge in [0.05, 0.1) is 30.5 Å². The van der Waals surface area contributed by atoms with E-state index in [1.54, 1.807) is 30.3 Å². The fraction of sp³-hybridized carbons (Fsp3) is 0.227. The van der Waals surface area contributed by atoms with Crippen molar-refractivity contribution in [3.05, 3.63) is 80.4 Å². The van der Waals surface area contributed by atoms with Gasteiger partial charge < -0.3 is 4.74 Å². The minimum Gasteiger partial charge on any atom is -0.497 e. The lowest BCUT2D eigenvalue weighted by atomic mass is 10.1. The number of ether oxygens (including phenoxy) is 1. The van der Waals surface area contributed by atoms with Gasteiger partial charge in [0.15, 0.2) is 5.82 Å². The van der Waals surface area contributed by atoms with Gasteiger partial charge in [-0.15, -0.1) is 0 Å². The summed E-state index contributed by atoms with van der Waals surface area (Å²) in [7, 11) is -1.67. The number of aromatic nitrogens is 3. The normalized spacial score (nSPS) is 11.1. The Labute approximate surface area is 199 Å². The highest BCUT2D eigenvalue weighted by molar-refractivity contribution is 7.93. The highest BCUT2D eigenvalue weighted by Crippen LogP contribution is 2.29. The number of amides is 1. The molecule has 0 aliphatic carbocycles. The Morgan fingerprint density at radius 3 is 2.46 bits per heavy atom. The molecule has 0 radical (unpaired) electrons. The molecular formula is C22H20FN5O6S. The maximum atomic E-state index is 14.9. The molecule has 1 amide bonds. The number of hydrogen-bond donors (Lipinski definition) is 0. The lowest BCUT2D eigenvalue weighted by molar-refractivity contribution is -0.116. The summed E-state index contributed by atoms with van der Waals surface area (Å²) in [4.78, 5) is 37.4. The van der Waals surface area contributed by atoms with E-state index < -0.39 is 55.7 Å². The Balaban J connectivity index is 2.21. The van der Waals surface area contributed by atoms with Crippen LogP contribution in [0.5, 0.6) is 5.75 Å². The Morgan fingerprint density at radius 2 is 1.89 bits per heavy atom. The molecule has 35 heavy (non-hydrogen) atoms. The minimum absolute atomic E-state index is 0.362. The van der Waals surface area contributed by atoms with E-state index in [9.17, 15) is 32.5 Å². The second-order valence-corrected chi connectivity index (χ2v) is 9.36. The van der Waals surface area contributed by atoms with Crippen LogP contribution in [0.25, 0.3) is 5.69 Å². The van der Waals surface area contributed by atoms with Crippen LogP contribution in [0.2, 0.25) is 0 Å². The number of nitriles is 1. The van der Waals surface area contributed by atoms with E-state index in [1.165, 1.54) is 14.0 Å². The van der Waals surface area contributed by atoms with Gasteiger partial charge in [0, 0.05) is 7.05 Å². The molecule has 0 aliphatic rings. The summed E-state index contributed by atoms with van der Waals surface area (Å²) in [5.41, 5.74) is -2.75. The number of anilines is 1. The van der Waals surface area contributed by atoms with Crippen LogP contribution in [-0.4, -0.2) is 41.5 Å². The van der Waals surface area contributed by atoms with Crippen LogP contribution in [0.4, 0.5) is 10.1 Å². The smallest absolute Gasteiger partial charge is 0.352 e. The van der Waals surface area contributed by atoms with Crippen molar-refractivity contribution in [2.45, 2.75) is 13.3 Å². The number of methoxy groups -OCH3 is 1. The SMILES string of the molecule is CCS(=O)(=O)N(C(=O)Cc1ccc(OC)cc1)c1cc(-n2ncc(=O)n(C)c2=O)c(F)cc1C#N. The lowest BCUT2D eigenvalue weighted by Crippen LogP contribution is -2.40. The zero-order valence-corrected chi connectivity index (χ0v) is 19.7. The van der Waals surface area contributed by atoms with Crippen LogP contribution in [0.1, 0.15) is 18.1 Å². The molecule has 0 unspecified atom stereocenters. The van der Waals surface area contributed by atoms with Crippen molar-refractivity contribution in [2.24, 2.45) is 7.05 Å². The van der Waals surface area contributed by atoms with Crippen LogP contribution < -0.4 is 20.3 Å². The Kier molecular flexibility index (Phi) is 7.16. The van der Waals surface area contributed by atoms with Gasteiger partial charge in [0.2, 0.25) is 15.9 Å². The van der Waals surface area contributed by atoms with Crippen molar-refractivity contribution in [1.82, 2.24) is 14.3 Å². The van der Waals surface area contributed by atoms with Gasteiger partial charge in [-0.1, -0.05) is 12.1 Å². The highest BCUT2D eigenvalue weighted by Gasteiger charge is 2.31. The number of halogens is 1. The predicted molar refractivity (Wildman–Crippen MR) is 123 cm³/mol. The number of carbonyl (C=O) groups is 1. The molecular weight excluding hydrogens is 481 g/mol. The number of rotatable bonds is 7. The molecule has 0 saturated heterocycles. The summed E-state index contributed by atoms with van der Waals surface area (Å²) in [5, 5.41) is 13.2. The molecule has 0 aliphatic heterocycles. The highest BCUT2D eigenvalue weighted by atomic mass is 32.2. The zero-order valence-electron chi connectivity index (χ0n) is 18.9. The van der Waals surface area contributed by atoms with Gasteiger partial charge in [0.1, 0.15) is 23.7 Å². The summed E-state index contributed by atoms with van der Waals surface area (Å²) >= 11 is 0. The van der Waals surface area contributed by atoms with Gasteiger partial charge in [-0.25, -0.2) is 21.9 Å². The minimum atomic E-state index is -4.29. The van der Waals surface area contributed by atoms with Crippen molar-refractivity contribution < 1.29 is 22.3 Å². The monoisotopic (exact) mass is 501 g/mol. The van der Waals surface area contributed by atoms with E-state index in [-0.39, 0.29) is 6.42 Å². The molecule has 1 heterocycles. The largest absolute Gasteiger partial charge is 0.497 e. The van der Waals surface area contributed by atoms with Crippen molar-refractivity contribution in [2.75, 3.05) is 17.2 Å². The molecule has 0 atom stereocenters. The van der Waals surface area contributed by atoms with E-state index in [1.807, 2.05) is 0 Å². The number of nitrogens with zero attached hydrogens (tertiary/aromatic N) is 5. The third-order valence-electron chi connectivity index (χ3n) is 5.10. The summed E-state index contributed by atoms with van der Waals surface area (Å²) in [6.07, 6.45) is 0.410. The first-order valence-electron chi connectivity index (χ1n) is 10.1. The molecule has 182 valence electrons. The Hall–Kier alpha value is -4.31. The van der Waals surface area contributed by atoms with E-state index in [0.29, 0.717) is 30.9 Å². The van der Waals surface area contributed by atoms with Crippen LogP contribution in [0.3, 0.4) is 0 Å². The van der Waals surface area contributed by atoms with Gasteiger partial charge in [-0.2, -0.15) is 15.0 Å². The van der Waals surface area contributed by atoms with Gasteiger partial charge >= 0.3 is 5.69 Å². The molecule has 3 rings (SSSR count). The topological polar surface area (TPSA) is 144 Å². The first-order valence-corrected chi connectivity index (χ1v) is 11.7. The molecule has 3 aromatic rings. The third kappa shape index (κ3) is 4.97. The predicted octanol–water partition coefficient (Wildman–Crippen LogP) is 0.876. The third-order valence-corrected chi connectivity index (χ3v) is 6.79. The van der Waals surface area contributed by atoms with Gasteiger partial charge in [0.25, 0.3) is 5.56 Å². The number of sulfonamides is 1. The van der Waals surface area contributed by atoms with Crippen LogP contribution in [0.15, 0.2) is 52.2 Å². The van der Waals surface area contributed by atoms with Gasteiger partial charge in [-0.05, 0) is 36.8 Å². The van der Waals surface area contributed by atoms with Crippen molar-refractivity contribution >= 4 is 21.6 Å². The Morgan fingerprint density at radius 1 is 1.23 bits per heavy atom. The fourth-order valence-corrected chi connectivity index (χ4v) is 4.26. The molecule has 2 aromatic carbocycles. The molecule has 0 spiro atoms. The summed E-state index contributed by atoms with van der Waals surface area (Å²) in [6, 6.07) is 9.58. The van der Waals surface area contributed by atoms with E-state index in [4.69, 9.17) is 4.74 Å². The van der Waals surface area contributed by atoms with Crippen molar-refractivity contribution in [3.8, 4) is 17.5 Å². The molecule has 0 saturated carbocycles. The van der Waals surface area contributed by atoms with E-state index in [0.717, 1.165) is 19.3 Å². The first-order chi connectivity index (χ1) is 16.5. The van der Waals surface area contributed by atoms with E-state index in [2.05, 4.69) is 5.10 Å². The van der Waals surface area contributed by atoms with Crippen LogP contribution in [-0.2, 0) is 28.3 Å². The van der Waals surface area contributed by atoms with Crippen molar-refractivity contribution in [3.63, 3.8) is 0 Å². The molecule has 0 bridgehead atoms. The number of carbonyl (C=O) groups excluding carboxylic acids is 1. The number of benzene rings is 2. The Bertz CT molecular complexity index is 1560. The van der Waals surface area contributed by atoms with E-state index >= 15 is 0 Å². The summed E-state index contributed by atoms with van der Waals surface area (Å²) in [6.45, 7) is 1.30. The second-order valence-electron chi connectivity index (χ2n) is 7.25. The van der Waals surface area contributed by atoms with Crippen molar-refractivity contribution in [1.29, 1.82) is 5.26 Å². The molecule has 13 heteroatoms. The average Bonchev–Trinajstić information content (AvgIpc) is 2.84. The maximum Gasteiger partial charge on any atom is 0.352 e. The standard InChI is InChI=1S/C22H20FN5O6S/c1-4-35(32,33)28(20(29)9-14-5-7-16(34-3)8-6-14)18-11-19(17(23)10-15(18)12-24)27-22(31)26(2)21(30)13-25-27/h5-8,10-11,13H,4,9H2,1-3H3. The first kappa shape index (κ1) is 25.3. The van der Waals surface area contributed by atoms with Crippen LogP contribution in [0, 0.1) is 17.1 Å². The summed E-state index contributed by atoms with van der Waals surface area (Å²) in [5.74, 6) is -1.97.